The van der Waals surface area contributed by atoms with Gasteiger partial charge in [0.05, 0.1) is 12.7 Å². The third-order valence-electron chi connectivity index (χ3n) is 3.66. The third kappa shape index (κ3) is 2.72. The quantitative estimate of drug-likeness (QED) is 0.832. The number of nitrogens with zero attached hydrogens (tertiary/aromatic N) is 5. The number of ether oxygens (including phenoxy) is 1. The largest absolute Gasteiger partial charge is 0.467 e. The van der Waals surface area contributed by atoms with Gasteiger partial charge < -0.3 is 14.2 Å². The minimum atomic E-state index is 0.203. The molecule has 1 atom stereocenters. The van der Waals surface area contributed by atoms with Gasteiger partial charge in [0.15, 0.2) is 0 Å². The molecule has 21 heavy (non-hydrogen) atoms. The molecule has 0 bridgehead atoms. The van der Waals surface area contributed by atoms with Crippen molar-refractivity contribution in [1.82, 2.24) is 24.4 Å². The molecule has 1 amide bonds. The summed E-state index contributed by atoms with van der Waals surface area (Å²) in [7, 11) is 3.37. The highest BCUT2D eigenvalue weighted by Crippen LogP contribution is 2.22. The summed E-state index contributed by atoms with van der Waals surface area (Å²) in [6.07, 6.45) is 7.64. The Morgan fingerprint density at radius 2 is 2.10 bits per heavy atom. The minimum absolute atomic E-state index is 0.203. The molecule has 0 saturated carbocycles. The van der Waals surface area contributed by atoms with Crippen molar-refractivity contribution in [2.75, 3.05) is 20.7 Å². The second kappa shape index (κ2) is 5.51. The lowest BCUT2D eigenvalue weighted by Crippen LogP contribution is -2.20. The number of imidazole rings is 1. The van der Waals surface area contributed by atoms with Crippen molar-refractivity contribution in [2.24, 2.45) is 5.92 Å². The van der Waals surface area contributed by atoms with Crippen LogP contribution in [0.5, 0.6) is 6.01 Å². The van der Waals surface area contributed by atoms with Crippen molar-refractivity contribution in [1.29, 1.82) is 0 Å². The van der Waals surface area contributed by atoms with E-state index >= 15 is 0 Å². The lowest BCUT2D eigenvalue weighted by atomic mass is 10.1. The molecule has 1 aliphatic heterocycles. The Balaban J connectivity index is 1.79. The van der Waals surface area contributed by atoms with Crippen molar-refractivity contribution in [3.8, 4) is 17.4 Å². The summed E-state index contributed by atoms with van der Waals surface area (Å²) in [5, 5.41) is 0. The Labute approximate surface area is 122 Å². The first-order valence-electron chi connectivity index (χ1n) is 6.79. The Bertz CT molecular complexity index is 637. The van der Waals surface area contributed by atoms with Crippen molar-refractivity contribution in [2.45, 2.75) is 13.0 Å². The fourth-order valence-corrected chi connectivity index (χ4v) is 2.61. The van der Waals surface area contributed by atoms with Crippen molar-refractivity contribution < 1.29 is 9.53 Å². The molecule has 0 spiro atoms. The average Bonchev–Trinajstić information content (AvgIpc) is 3.07. The molecule has 1 fully saturated rings. The van der Waals surface area contributed by atoms with Crippen LogP contribution in [0.3, 0.4) is 0 Å². The molecule has 1 aliphatic rings. The highest BCUT2D eigenvalue weighted by atomic mass is 16.5. The van der Waals surface area contributed by atoms with E-state index in [2.05, 4.69) is 15.0 Å². The van der Waals surface area contributed by atoms with Crippen LogP contribution in [0.25, 0.3) is 11.4 Å². The molecule has 110 valence electrons. The molecule has 2 aromatic heterocycles. The van der Waals surface area contributed by atoms with Crippen LogP contribution in [-0.4, -0.2) is 51.0 Å². The molecule has 3 heterocycles. The van der Waals surface area contributed by atoms with Gasteiger partial charge in [0, 0.05) is 57.3 Å². The van der Waals surface area contributed by atoms with E-state index in [1.807, 2.05) is 17.8 Å². The molecule has 1 saturated heterocycles. The van der Waals surface area contributed by atoms with Crippen LogP contribution in [0, 0.1) is 5.92 Å². The first-order chi connectivity index (χ1) is 10.2. The Kier molecular flexibility index (Phi) is 3.55. The van der Waals surface area contributed by atoms with Gasteiger partial charge in [0.1, 0.15) is 5.82 Å². The molecule has 3 rings (SSSR count). The topological polar surface area (TPSA) is 73.1 Å². The van der Waals surface area contributed by atoms with Crippen LogP contribution in [-0.2, 0) is 11.3 Å². The predicted molar refractivity (Wildman–Crippen MR) is 75.5 cm³/mol. The van der Waals surface area contributed by atoms with Crippen molar-refractivity contribution in [3.05, 3.63) is 24.8 Å². The maximum absolute atomic E-state index is 11.6. The number of amides is 1. The number of hydrogen-bond donors (Lipinski definition) is 0. The van der Waals surface area contributed by atoms with Gasteiger partial charge in [-0.15, -0.1) is 0 Å². The van der Waals surface area contributed by atoms with Crippen LogP contribution in [0.15, 0.2) is 24.8 Å². The molecule has 7 nitrogen and oxygen atoms in total. The first-order valence-corrected chi connectivity index (χ1v) is 6.79. The molecular formula is C14H17N5O2. The van der Waals surface area contributed by atoms with Crippen molar-refractivity contribution in [3.63, 3.8) is 0 Å². The van der Waals surface area contributed by atoms with E-state index in [1.165, 1.54) is 7.11 Å². The normalized spacial score (nSPS) is 18.3. The first kappa shape index (κ1) is 13.5. The summed E-state index contributed by atoms with van der Waals surface area (Å²) in [6.45, 7) is 1.55. The minimum Gasteiger partial charge on any atom is -0.467 e. The monoisotopic (exact) mass is 287 g/mol. The molecule has 1 unspecified atom stereocenters. The molecule has 7 heteroatoms. The lowest BCUT2D eigenvalue weighted by molar-refractivity contribution is -0.126. The summed E-state index contributed by atoms with van der Waals surface area (Å²) < 4.78 is 7.00. The van der Waals surface area contributed by atoms with Gasteiger partial charge in [-0.05, 0) is 0 Å². The number of hydrogen-bond acceptors (Lipinski definition) is 5. The van der Waals surface area contributed by atoms with Crippen LogP contribution >= 0.6 is 0 Å². The predicted octanol–water partition coefficient (Wildman–Crippen LogP) is 0.827. The SMILES string of the molecule is COc1ncc(-c2nccn2CC2CC(=O)N(C)C2)cn1. The number of carbonyl (C=O) groups is 1. The van der Waals surface area contributed by atoms with Gasteiger partial charge in [-0.1, -0.05) is 0 Å². The Morgan fingerprint density at radius 3 is 2.71 bits per heavy atom. The van der Waals surface area contributed by atoms with Crippen LogP contribution in [0.1, 0.15) is 6.42 Å². The van der Waals surface area contributed by atoms with E-state index in [9.17, 15) is 4.79 Å². The van der Waals surface area contributed by atoms with Gasteiger partial charge in [-0.3, -0.25) is 4.79 Å². The van der Waals surface area contributed by atoms with Crippen LogP contribution in [0.2, 0.25) is 0 Å². The van der Waals surface area contributed by atoms with Gasteiger partial charge in [-0.25, -0.2) is 15.0 Å². The van der Waals surface area contributed by atoms with Gasteiger partial charge >= 0.3 is 6.01 Å². The second-order valence-corrected chi connectivity index (χ2v) is 5.21. The summed E-state index contributed by atoms with van der Waals surface area (Å²) in [6, 6.07) is 0.333. The third-order valence-corrected chi connectivity index (χ3v) is 3.66. The van der Waals surface area contributed by atoms with E-state index in [4.69, 9.17) is 4.74 Å². The number of rotatable bonds is 4. The van der Waals surface area contributed by atoms with E-state index in [0.717, 1.165) is 24.5 Å². The zero-order valence-electron chi connectivity index (χ0n) is 12.1. The fourth-order valence-electron chi connectivity index (χ4n) is 2.61. The van der Waals surface area contributed by atoms with Gasteiger partial charge in [0.25, 0.3) is 0 Å². The van der Waals surface area contributed by atoms with Crippen LogP contribution in [0.4, 0.5) is 0 Å². The zero-order chi connectivity index (χ0) is 14.8. The van der Waals surface area contributed by atoms with E-state index in [1.54, 1.807) is 23.5 Å². The van der Waals surface area contributed by atoms with E-state index in [-0.39, 0.29) is 5.91 Å². The van der Waals surface area contributed by atoms with Gasteiger partial charge in [0.2, 0.25) is 5.91 Å². The number of methoxy groups -OCH3 is 1. The van der Waals surface area contributed by atoms with Crippen LogP contribution < -0.4 is 4.74 Å². The highest BCUT2D eigenvalue weighted by molar-refractivity contribution is 5.78. The maximum Gasteiger partial charge on any atom is 0.316 e. The number of carbonyl (C=O) groups excluding carboxylic acids is 1. The average molecular weight is 287 g/mol. The molecular weight excluding hydrogens is 270 g/mol. The number of likely N-dealkylation sites (tertiary alicyclic amines) is 1. The summed E-state index contributed by atoms with van der Waals surface area (Å²) in [5.74, 6) is 1.32. The van der Waals surface area contributed by atoms with Gasteiger partial charge in [-0.2, -0.15) is 0 Å². The second-order valence-electron chi connectivity index (χ2n) is 5.21. The highest BCUT2D eigenvalue weighted by Gasteiger charge is 2.27. The van der Waals surface area contributed by atoms with E-state index in [0.29, 0.717) is 18.3 Å². The van der Waals surface area contributed by atoms with Crippen molar-refractivity contribution >= 4 is 5.91 Å². The zero-order valence-corrected chi connectivity index (χ0v) is 12.1. The molecule has 2 aromatic rings. The molecule has 0 N–H and O–H groups in total. The fraction of sp³-hybridized carbons (Fsp3) is 0.429. The smallest absolute Gasteiger partial charge is 0.316 e. The lowest BCUT2D eigenvalue weighted by Gasteiger charge is -2.13. The summed E-state index contributed by atoms with van der Waals surface area (Å²) >= 11 is 0. The Hall–Kier alpha value is -2.44. The molecule has 0 aromatic carbocycles. The Morgan fingerprint density at radius 1 is 1.33 bits per heavy atom. The molecule has 0 radical (unpaired) electrons. The standard InChI is InChI=1S/C14H17N5O2/c1-18-8-10(5-12(18)20)9-19-4-3-15-13(19)11-6-16-14(21-2)17-7-11/h3-4,6-7,10H,5,8-9H2,1-2H3. The summed E-state index contributed by atoms with van der Waals surface area (Å²) in [4.78, 5) is 25.9. The number of aromatic nitrogens is 4. The maximum atomic E-state index is 11.6. The molecule has 0 aliphatic carbocycles. The summed E-state index contributed by atoms with van der Waals surface area (Å²) in [5.41, 5.74) is 0.832. The van der Waals surface area contributed by atoms with E-state index < -0.39 is 0 Å².